The van der Waals surface area contributed by atoms with E-state index in [4.69, 9.17) is 15.0 Å². The summed E-state index contributed by atoms with van der Waals surface area (Å²) in [5.74, 6) is 1.94. The van der Waals surface area contributed by atoms with Crippen LogP contribution in [0.1, 0.15) is 0 Å². The molecule has 0 radical (unpaired) electrons. The van der Waals surface area contributed by atoms with Gasteiger partial charge in [0.25, 0.3) is 0 Å². The minimum atomic E-state index is 0.637. The van der Waals surface area contributed by atoms with Crippen molar-refractivity contribution in [2.24, 2.45) is 0 Å². The second-order valence-corrected chi connectivity index (χ2v) is 13.8. The monoisotopic (exact) mass is 704 g/mol. The molecule has 0 aliphatic carbocycles. The zero-order chi connectivity index (χ0) is 36.3. The Morgan fingerprint density at radius 1 is 0.291 bits per heavy atom. The van der Waals surface area contributed by atoms with Gasteiger partial charge in [0.05, 0.1) is 22.1 Å². The van der Waals surface area contributed by atoms with Crippen LogP contribution in [-0.2, 0) is 0 Å². The van der Waals surface area contributed by atoms with Gasteiger partial charge in [0, 0.05) is 67.7 Å². The summed E-state index contributed by atoms with van der Waals surface area (Å²) in [5, 5.41) is 4.87. The fourth-order valence-corrected chi connectivity index (χ4v) is 7.98. The van der Waals surface area contributed by atoms with E-state index in [1.54, 1.807) is 0 Å². The van der Waals surface area contributed by atoms with Gasteiger partial charge >= 0.3 is 0 Å². The van der Waals surface area contributed by atoms with E-state index in [-0.39, 0.29) is 0 Å². The summed E-state index contributed by atoms with van der Waals surface area (Å²) in [6, 6.07) is 63.8. The maximum Gasteiger partial charge on any atom is 0.164 e. The van der Waals surface area contributed by atoms with E-state index in [1.165, 1.54) is 32.6 Å². The van der Waals surface area contributed by atoms with Crippen LogP contribution in [0, 0.1) is 0 Å². The molecule has 7 aromatic carbocycles. The summed E-state index contributed by atoms with van der Waals surface area (Å²) in [5.41, 5.74) is 10.8. The first-order valence-corrected chi connectivity index (χ1v) is 18.4. The molecule has 0 N–H and O–H groups in total. The van der Waals surface area contributed by atoms with E-state index in [0.29, 0.717) is 17.5 Å². The summed E-state index contributed by atoms with van der Waals surface area (Å²) in [7, 11) is 0. The third-order valence-electron chi connectivity index (χ3n) is 10.6. The van der Waals surface area contributed by atoms with Crippen molar-refractivity contribution in [3.05, 3.63) is 194 Å². The van der Waals surface area contributed by atoms with Crippen molar-refractivity contribution in [1.29, 1.82) is 0 Å². The molecule has 6 nitrogen and oxygen atoms in total. The Labute approximate surface area is 316 Å². The van der Waals surface area contributed by atoms with E-state index >= 15 is 0 Å². The average Bonchev–Trinajstić information content (AvgIpc) is 4.00. The first-order chi connectivity index (χ1) is 27.3. The summed E-state index contributed by atoms with van der Waals surface area (Å²) >= 11 is 0. The molecule has 11 rings (SSSR count). The van der Waals surface area contributed by atoms with Crippen molar-refractivity contribution in [3.8, 4) is 51.2 Å². The van der Waals surface area contributed by atoms with Crippen LogP contribution in [0.2, 0.25) is 0 Å². The number of aromatic nitrogens is 6. The van der Waals surface area contributed by atoms with Gasteiger partial charge in [-0.05, 0) is 84.9 Å². The van der Waals surface area contributed by atoms with Crippen molar-refractivity contribution in [1.82, 2.24) is 28.7 Å². The summed E-state index contributed by atoms with van der Waals surface area (Å²) in [6.45, 7) is 0. The lowest BCUT2D eigenvalue weighted by molar-refractivity contribution is 1.07. The van der Waals surface area contributed by atoms with Crippen LogP contribution in [0.5, 0.6) is 0 Å². The van der Waals surface area contributed by atoms with E-state index < -0.39 is 0 Å². The lowest BCUT2D eigenvalue weighted by Crippen LogP contribution is -2.00. The second kappa shape index (κ2) is 12.5. The molecule has 0 aliphatic heterocycles. The van der Waals surface area contributed by atoms with Gasteiger partial charge in [0.2, 0.25) is 0 Å². The molecule has 0 bridgehead atoms. The molecule has 0 saturated carbocycles. The predicted molar refractivity (Wildman–Crippen MR) is 224 cm³/mol. The molecule has 0 amide bonds. The van der Waals surface area contributed by atoms with Crippen LogP contribution in [-0.4, -0.2) is 28.7 Å². The van der Waals surface area contributed by atoms with E-state index in [9.17, 15) is 0 Å². The molecule has 0 atom stereocenters. The van der Waals surface area contributed by atoms with Crippen LogP contribution < -0.4 is 0 Å². The highest BCUT2D eigenvalue weighted by Crippen LogP contribution is 2.38. The lowest BCUT2D eigenvalue weighted by Gasteiger charge is -2.12. The van der Waals surface area contributed by atoms with Crippen LogP contribution in [0.4, 0.5) is 0 Å². The first-order valence-electron chi connectivity index (χ1n) is 18.4. The summed E-state index contributed by atoms with van der Waals surface area (Å²) in [4.78, 5) is 14.8. The number of fused-ring (bicyclic) bond motifs is 6. The van der Waals surface area contributed by atoms with Crippen LogP contribution in [0.3, 0.4) is 0 Å². The molecule has 0 aliphatic rings. The third kappa shape index (κ3) is 5.15. The second-order valence-electron chi connectivity index (χ2n) is 13.8. The maximum atomic E-state index is 4.95. The van der Waals surface area contributed by atoms with Gasteiger partial charge in [-0.3, -0.25) is 0 Å². The van der Waals surface area contributed by atoms with Crippen LogP contribution >= 0.6 is 0 Å². The summed E-state index contributed by atoms with van der Waals surface area (Å²) < 4.78 is 6.91. The Bertz CT molecular complexity index is 3120. The van der Waals surface area contributed by atoms with Crippen molar-refractivity contribution >= 4 is 43.6 Å². The average molecular weight is 705 g/mol. The minimum absolute atomic E-state index is 0.637. The SMILES string of the molecule is c1ccc(-c2nc(-c3ccccc3)nc(-c3ccc(-n4c5ccccc5c5cc(-n6c7ccccc7c7cc(-n8cccc8)ccc76)ccc54)cc3)n2)cc1. The zero-order valence-electron chi connectivity index (χ0n) is 29.7. The van der Waals surface area contributed by atoms with Gasteiger partial charge in [-0.15, -0.1) is 0 Å². The van der Waals surface area contributed by atoms with E-state index in [2.05, 4.69) is 147 Å². The Hall–Kier alpha value is -7.57. The molecule has 4 heterocycles. The molecule has 0 unspecified atom stereocenters. The van der Waals surface area contributed by atoms with Gasteiger partial charge in [-0.2, -0.15) is 0 Å². The first kappa shape index (κ1) is 31.0. The van der Waals surface area contributed by atoms with Gasteiger partial charge in [0.1, 0.15) is 0 Å². The summed E-state index contributed by atoms with van der Waals surface area (Å²) in [6.07, 6.45) is 4.18. The molecule has 55 heavy (non-hydrogen) atoms. The maximum absolute atomic E-state index is 4.95. The molecule has 11 aromatic rings. The van der Waals surface area contributed by atoms with Crippen molar-refractivity contribution in [3.63, 3.8) is 0 Å². The van der Waals surface area contributed by atoms with E-state index in [1.807, 2.05) is 60.7 Å². The predicted octanol–water partition coefficient (Wildman–Crippen LogP) is 11.9. The van der Waals surface area contributed by atoms with Gasteiger partial charge in [-0.1, -0.05) is 97.1 Å². The van der Waals surface area contributed by atoms with E-state index in [0.717, 1.165) is 44.8 Å². The number of hydrogen-bond donors (Lipinski definition) is 0. The smallest absolute Gasteiger partial charge is 0.164 e. The number of para-hydroxylation sites is 2. The van der Waals surface area contributed by atoms with Crippen molar-refractivity contribution in [2.75, 3.05) is 0 Å². The molecule has 258 valence electrons. The fourth-order valence-electron chi connectivity index (χ4n) is 7.98. The topological polar surface area (TPSA) is 53.5 Å². The Kier molecular flexibility index (Phi) is 7.07. The molecule has 0 spiro atoms. The molecule has 0 fully saturated rings. The van der Waals surface area contributed by atoms with Gasteiger partial charge in [-0.25, -0.2) is 15.0 Å². The Morgan fingerprint density at radius 3 is 1.24 bits per heavy atom. The lowest BCUT2D eigenvalue weighted by atomic mass is 10.1. The largest absolute Gasteiger partial charge is 0.324 e. The van der Waals surface area contributed by atoms with Gasteiger partial charge < -0.3 is 13.7 Å². The Morgan fingerprint density at radius 2 is 0.691 bits per heavy atom. The normalized spacial score (nSPS) is 11.6. The highest BCUT2D eigenvalue weighted by Gasteiger charge is 2.18. The highest BCUT2D eigenvalue weighted by molar-refractivity contribution is 6.12. The van der Waals surface area contributed by atoms with Crippen molar-refractivity contribution < 1.29 is 0 Å². The Balaban J connectivity index is 1.03. The number of rotatable bonds is 6. The number of nitrogens with zero attached hydrogens (tertiary/aromatic N) is 6. The number of hydrogen-bond acceptors (Lipinski definition) is 3. The molecule has 4 aromatic heterocycles. The highest BCUT2D eigenvalue weighted by atomic mass is 15.0. The van der Waals surface area contributed by atoms with Crippen LogP contribution in [0.15, 0.2) is 194 Å². The third-order valence-corrected chi connectivity index (χ3v) is 10.6. The van der Waals surface area contributed by atoms with Crippen molar-refractivity contribution in [2.45, 2.75) is 0 Å². The molecule has 0 saturated heterocycles. The molecular weight excluding hydrogens is 673 g/mol. The van der Waals surface area contributed by atoms with Gasteiger partial charge in [0.15, 0.2) is 17.5 Å². The zero-order valence-corrected chi connectivity index (χ0v) is 29.7. The number of benzene rings is 7. The molecule has 6 heteroatoms. The molecular formula is C49H32N6. The minimum Gasteiger partial charge on any atom is -0.324 e. The fraction of sp³-hybridized carbons (Fsp3) is 0. The van der Waals surface area contributed by atoms with Crippen LogP contribution in [0.25, 0.3) is 94.8 Å². The quantitative estimate of drug-likeness (QED) is 0.173. The standard InChI is InChI=1S/C49H32N6/c1-3-13-33(14-4-1)47-50-48(34-15-5-2-6-16-34)52-49(51-47)35-21-23-36(24-22-35)54-43-19-9-7-18-40(43)42-32-38(26-28-45(42)54)55-44-20-10-8-17-39(44)41-31-37(25-27-46(41)55)53-29-11-12-30-53/h1-32H.